The summed E-state index contributed by atoms with van der Waals surface area (Å²) in [6.07, 6.45) is 6.98. The lowest BCUT2D eigenvalue weighted by Gasteiger charge is -2.26. The molecule has 2 fully saturated rings. The Morgan fingerprint density at radius 3 is 2.74 bits per heavy atom. The van der Waals surface area contributed by atoms with Gasteiger partial charge in [0.05, 0.1) is 41.6 Å². The molecule has 38 heavy (non-hydrogen) atoms. The van der Waals surface area contributed by atoms with Gasteiger partial charge in [-0.05, 0) is 37.1 Å². The van der Waals surface area contributed by atoms with Gasteiger partial charge in [-0.3, -0.25) is 19.7 Å². The van der Waals surface area contributed by atoms with Crippen molar-refractivity contribution in [2.45, 2.75) is 12.8 Å². The van der Waals surface area contributed by atoms with Crippen LogP contribution in [0.25, 0.3) is 44.7 Å². The van der Waals surface area contributed by atoms with E-state index in [-0.39, 0.29) is 17.7 Å². The Bertz CT molecular complexity index is 1700. The molecule has 1 saturated carbocycles. The van der Waals surface area contributed by atoms with E-state index in [1.54, 1.807) is 29.6 Å². The lowest BCUT2D eigenvalue weighted by Crippen LogP contribution is -2.40. The van der Waals surface area contributed by atoms with Crippen molar-refractivity contribution in [3.63, 3.8) is 0 Å². The number of H-pyrrole nitrogens is 2. The highest BCUT2D eigenvalue weighted by atomic mass is 16.5. The van der Waals surface area contributed by atoms with Crippen molar-refractivity contribution in [2.75, 3.05) is 31.6 Å². The summed E-state index contributed by atoms with van der Waals surface area (Å²) in [5.41, 5.74) is 5.43. The van der Waals surface area contributed by atoms with Crippen LogP contribution in [-0.4, -0.2) is 73.2 Å². The number of imidazole rings is 1. The fourth-order valence-corrected chi connectivity index (χ4v) is 4.75. The number of aromatic amines is 2. The minimum Gasteiger partial charge on any atom is -0.378 e. The normalized spacial score (nSPS) is 15.7. The number of para-hydroxylation sites is 1. The van der Waals surface area contributed by atoms with Crippen LogP contribution >= 0.6 is 0 Å². The summed E-state index contributed by atoms with van der Waals surface area (Å²) < 4.78 is 5.39. The molecule has 0 radical (unpaired) electrons. The maximum Gasteiger partial charge on any atom is 0.256 e. The van der Waals surface area contributed by atoms with Crippen molar-refractivity contribution < 1.29 is 14.3 Å². The zero-order valence-corrected chi connectivity index (χ0v) is 20.4. The van der Waals surface area contributed by atoms with Gasteiger partial charge in [-0.1, -0.05) is 6.07 Å². The lowest BCUT2D eigenvalue weighted by molar-refractivity contribution is -0.117. The number of benzene rings is 1. The van der Waals surface area contributed by atoms with Crippen molar-refractivity contribution in [3.8, 4) is 22.6 Å². The highest BCUT2D eigenvalue weighted by Crippen LogP contribution is 2.32. The van der Waals surface area contributed by atoms with Crippen molar-refractivity contribution >= 4 is 39.6 Å². The average Bonchev–Trinajstić information content (AvgIpc) is 3.59. The van der Waals surface area contributed by atoms with Gasteiger partial charge in [0.15, 0.2) is 11.5 Å². The maximum absolute atomic E-state index is 13.2. The van der Waals surface area contributed by atoms with E-state index in [9.17, 15) is 9.59 Å². The van der Waals surface area contributed by atoms with Crippen LogP contribution in [0.4, 0.5) is 5.69 Å². The Morgan fingerprint density at radius 2 is 1.89 bits per heavy atom. The molecule has 2 aliphatic rings. The minimum absolute atomic E-state index is 0.0333. The van der Waals surface area contributed by atoms with Crippen LogP contribution in [-0.2, 0) is 9.53 Å². The molecule has 190 valence electrons. The monoisotopic (exact) mass is 508 g/mol. The standard InChI is InChI=1S/C27H24N8O3/c36-26(15-4-5-15)30-18-10-16(12-28-14-18)17-11-20-23(33-34-24(20)29-13-17)25-31-21-3-1-2-19(22(21)32-25)27(37)35-6-8-38-9-7-35/h1-3,10-15H,4-9H2,(H,30,36)(H,31,32)(H,29,33,34). The van der Waals surface area contributed by atoms with Crippen LogP contribution in [0.15, 0.2) is 48.9 Å². The van der Waals surface area contributed by atoms with Gasteiger partial charge in [0.25, 0.3) is 5.91 Å². The number of hydrogen-bond acceptors (Lipinski definition) is 7. The van der Waals surface area contributed by atoms with Crippen LogP contribution in [0, 0.1) is 5.92 Å². The Labute approximate surface area is 216 Å². The number of fused-ring (bicyclic) bond motifs is 2. The number of morpholine rings is 1. The summed E-state index contributed by atoms with van der Waals surface area (Å²) in [6.45, 7) is 2.20. The molecular weight excluding hydrogens is 484 g/mol. The third kappa shape index (κ3) is 4.06. The van der Waals surface area contributed by atoms with Gasteiger partial charge in [0.1, 0.15) is 11.2 Å². The molecule has 11 nitrogen and oxygen atoms in total. The average molecular weight is 509 g/mol. The van der Waals surface area contributed by atoms with Gasteiger partial charge in [-0.2, -0.15) is 5.10 Å². The first-order valence-corrected chi connectivity index (χ1v) is 12.6. The summed E-state index contributed by atoms with van der Waals surface area (Å²) in [6, 6.07) is 9.41. The molecule has 2 amide bonds. The molecule has 4 aromatic heterocycles. The van der Waals surface area contributed by atoms with E-state index in [4.69, 9.17) is 9.72 Å². The van der Waals surface area contributed by atoms with E-state index in [1.807, 2.05) is 24.3 Å². The first-order chi connectivity index (χ1) is 18.6. The van der Waals surface area contributed by atoms with Crippen LogP contribution in [0.2, 0.25) is 0 Å². The zero-order chi connectivity index (χ0) is 25.6. The van der Waals surface area contributed by atoms with Crippen LogP contribution in [0.3, 0.4) is 0 Å². The molecule has 1 aliphatic carbocycles. The van der Waals surface area contributed by atoms with Crippen molar-refractivity contribution in [2.24, 2.45) is 5.92 Å². The van der Waals surface area contributed by atoms with Crippen LogP contribution < -0.4 is 5.32 Å². The molecule has 0 atom stereocenters. The minimum atomic E-state index is -0.0588. The Hall–Kier alpha value is -4.64. The van der Waals surface area contributed by atoms with E-state index >= 15 is 0 Å². The van der Waals surface area contributed by atoms with Gasteiger partial charge in [0, 0.05) is 42.5 Å². The highest BCUT2D eigenvalue weighted by molar-refractivity contribution is 6.06. The second kappa shape index (κ2) is 9.03. The molecule has 1 saturated heterocycles. The number of carbonyl (C=O) groups excluding carboxylic acids is 2. The fourth-order valence-electron chi connectivity index (χ4n) is 4.75. The SMILES string of the molecule is O=C(Nc1cncc(-c2cnc3n[nH]c(-c4nc5c(C(=O)N6CCOCC6)cccc5[nH]4)c3c2)c1)C1CC1. The summed E-state index contributed by atoms with van der Waals surface area (Å²) in [4.78, 5) is 44.2. The van der Waals surface area contributed by atoms with Gasteiger partial charge in [-0.15, -0.1) is 0 Å². The van der Waals surface area contributed by atoms with Crippen molar-refractivity contribution in [3.05, 3.63) is 54.5 Å². The van der Waals surface area contributed by atoms with Crippen molar-refractivity contribution in [1.82, 2.24) is 35.0 Å². The van der Waals surface area contributed by atoms with E-state index < -0.39 is 0 Å². The number of aromatic nitrogens is 6. The number of rotatable bonds is 5. The molecule has 1 aliphatic heterocycles. The topological polar surface area (TPSA) is 142 Å². The molecule has 0 bridgehead atoms. The smallest absolute Gasteiger partial charge is 0.256 e. The summed E-state index contributed by atoms with van der Waals surface area (Å²) in [5.74, 6) is 0.647. The highest BCUT2D eigenvalue weighted by Gasteiger charge is 2.29. The molecule has 5 aromatic rings. The molecule has 7 rings (SSSR count). The Kier molecular flexibility index (Phi) is 5.36. The molecule has 5 heterocycles. The van der Waals surface area contributed by atoms with Gasteiger partial charge < -0.3 is 19.9 Å². The van der Waals surface area contributed by atoms with E-state index in [0.29, 0.717) is 60.2 Å². The third-order valence-electron chi connectivity index (χ3n) is 6.98. The van der Waals surface area contributed by atoms with Crippen molar-refractivity contribution in [1.29, 1.82) is 0 Å². The largest absolute Gasteiger partial charge is 0.378 e. The summed E-state index contributed by atoms with van der Waals surface area (Å²) in [5, 5.41) is 11.1. The second-order valence-electron chi connectivity index (χ2n) is 9.61. The van der Waals surface area contributed by atoms with Gasteiger partial charge in [0.2, 0.25) is 5.91 Å². The van der Waals surface area contributed by atoms with Gasteiger partial charge in [-0.25, -0.2) is 9.97 Å². The van der Waals surface area contributed by atoms with E-state index in [1.165, 1.54) is 0 Å². The number of pyridine rings is 2. The zero-order valence-electron chi connectivity index (χ0n) is 20.4. The Morgan fingerprint density at radius 1 is 1.05 bits per heavy atom. The molecule has 11 heteroatoms. The molecule has 3 N–H and O–H groups in total. The maximum atomic E-state index is 13.2. The Balaban J connectivity index is 1.24. The number of carbonyl (C=O) groups is 2. The second-order valence-corrected chi connectivity index (χ2v) is 9.61. The number of amides is 2. The predicted molar refractivity (Wildman–Crippen MR) is 140 cm³/mol. The molecular formula is C27H24N8O3. The third-order valence-corrected chi connectivity index (χ3v) is 6.98. The molecule has 1 aromatic carbocycles. The number of nitrogens with zero attached hydrogens (tertiary/aromatic N) is 5. The predicted octanol–water partition coefficient (Wildman–Crippen LogP) is 3.38. The number of hydrogen-bond donors (Lipinski definition) is 3. The fraction of sp³-hybridized carbons (Fsp3) is 0.259. The van der Waals surface area contributed by atoms with Crippen LogP contribution in [0.5, 0.6) is 0 Å². The number of anilines is 1. The number of ether oxygens (including phenoxy) is 1. The van der Waals surface area contributed by atoms with E-state index in [2.05, 4.69) is 30.5 Å². The van der Waals surface area contributed by atoms with Gasteiger partial charge >= 0.3 is 0 Å². The summed E-state index contributed by atoms with van der Waals surface area (Å²) >= 11 is 0. The first kappa shape index (κ1) is 22.5. The first-order valence-electron chi connectivity index (χ1n) is 12.6. The molecule has 0 spiro atoms. The summed E-state index contributed by atoms with van der Waals surface area (Å²) in [7, 11) is 0. The van der Waals surface area contributed by atoms with Crippen LogP contribution in [0.1, 0.15) is 23.2 Å². The quantitative estimate of drug-likeness (QED) is 0.330. The number of nitrogens with one attached hydrogen (secondary N) is 3. The molecule has 0 unspecified atom stereocenters. The van der Waals surface area contributed by atoms with E-state index in [0.717, 1.165) is 34.9 Å². The lowest BCUT2D eigenvalue weighted by atomic mass is 10.1.